The van der Waals surface area contributed by atoms with E-state index in [2.05, 4.69) is 15.5 Å². The maximum absolute atomic E-state index is 12.1. The fourth-order valence-electron chi connectivity index (χ4n) is 2.75. The van der Waals surface area contributed by atoms with Gasteiger partial charge in [0.05, 0.1) is 4.88 Å². The van der Waals surface area contributed by atoms with Crippen molar-refractivity contribution in [2.24, 2.45) is 0 Å². The van der Waals surface area contributed by atoms with Crippen LogP contribution in [0.1, 0.15) is 26.7 Å². The SMILES string of the molecule is Cc1cccc(OCc2nc(-c3ccc(NC(=O)c4cccs4)cc3)no2)c1C. The number of anilines is 1. The molecule has 2 heterocycles. The largest absolute Gasteiger partial charge is 0.483 e. The van der Waals surface area contributed by atoms with Crippen LogP contribution in [0.4, 0.5) is 5.69 Å². The molecule has 2 aromatic carbocycles. The van der Waals surface area contributed by atoms with E-state index in [1.54, 1.807) is 6.07 Å². The Morgan fingerprint density at radius 1 is 1.10 bits per heavy atom. The molecule has 0 aliphatic heterocycles. The van der Waals surface area contributed by atoms with Crippen molar-refractivity contribution in [2.75, 3.05) is 5.32 Å². The number of aromatic nitrogens is 2. The van der Waals surface area contributed by atoms with Crippen LogP contribution in [0.2, 0.25) is 0 Å². The standard InChI is InChI=1S/C22H19N3O3S/c1-14-5-3-6-18(15(14)2)27-13-20-24-21(25-28-20)16-8-10-17(11-9-16)23-22(26)19-7-4-12-29-19/h3-12H,13H2,1-2H3,(H,23,26). The topological polar surface area (TPSA) is 77.2 Å². The first-order valence-electron chi connectivity index (χ1n) is 9.07. The summed E-state index contributed by atoms with van der Waals surface area (Å²) in [6, 6.07) is 16.8. The number of carbonyl (C=O) groups is 1. The quantitative estimate of drug-likeness (QED) is 0.474. The average molecular weight is 405 g/mol. The first kappa shape index (κ1) is 18.9. The van der Waals surface area contributed by atoms with Crippen LogP contribution in [0.25, 0.3) is 11.4 Å². The summed E-state index contributed by atoms with van der Waals surface area (Å²) in [5.41, 5.74) is 3.75. The highest BCUT2D eigenvalue weighted by Crippen LogP contribution is 2.23. The zero-order valence-corrected chi connectivity index (χ0v) is 16.8. The van der Waals surface area contributed by atoms with Gasteiger partial charge in [-0.05, 0) is 66.8 Å². The Kier molecular flexibility index (Phi) is 5.39. The van der Waals surface area contributed by atoms with Gasteiger partial charge in [0.15, 0.2) is 6.61 Å². The molecule has 1 amide bonds. The number of amides is 1. The van der Waals surface area contributed by atoms with Crippen LogP contribution in [0, 0.1) is 13.8 Å². The highest BCUT2D eigenvalue weighted by atomic mass is 32.1. The van der Waals surface area contributed by atoms with Crippen molar-refractivity contribution in [1.29, 1.82) is 0 Å². The normalized spacial score (nSPS) is 10.7. The van der Waals surface area contributed by atoms with Crippen LogP contribution in [0.5, 0.6) is 5.75 Å². The predicted molar refractivity (Wildman–Crippen MR) is 112 cm³/mol. The van der Waals surface area contributed by atoms with E-state index in [1.807, 2.05) is 67.8 Å². The van der Waals surface area contributed by atoms with Gasteiger partial charge in [-0.3, -0.25) is 4.79 Å². The van der Waals surface area contributed by atoms with Crippen molar-refractivity contribution in [2.45, 2.75) is 20.5 Å². The van der Waals surface area contributed by atoms with Gasteiger partial charge in [-0.2, -0.15) is 4.98 Å². The minimum atomic E-state index is -0.127. The predicted octanol–water partition coefficient (Wildman–Crippen LogP) is 5.25. The van der Waals surface area contributed by atoms with Gasteiger partial charge in [0, 0.05) is 11.3 Å². The van der Waals surface area contributed by atoms with Gasteiger partial charge in [0.2, 0.25) is 5.82 Å². The summed E-state index contributed by atoms with van der Waals surface area (Å²) in [5, 5.41) is 8.75. The zero-order valence-electron chi connectivity index (χ0n) is 16.0. The number of carbonyl (C=O) groups excluding carboxylic acids is 1. The Bertz CT molecular complexity index is 1120. The number of thiophene rings is 1. The molecule has 0 aliphatic carbocycles. The summed E-state index contributed by atoms with van der Waals surface area (Å²) in [6.07, 6.45) is 0. The van der Waals surface area contributed by atoms with Gasteiger partial charge in [-0.15, -0.1) is 11.3 Å². The van der Waals surface area contributed by atoms with E-state index in [9.17, 15) is 4.79 Å². The van der Waals surface area contributed by atoms with Crippen LogP contribution >= 0.6 is 11.3 Å². The number of aryl methyl sites for hydroxylation is 1. The Hall–Kier alpha value is -3.45. The zero-order chi connectivity index (χ0) is 20.2. The van der Waals surface area contributed by atoms with Crippen molar-refractivity contribution < 1.29 is 14.1 Å². The van der Waals surface area contributed by atoms with Crippen molar-refractivity contribution >= 4 is 22.9 Å². The number of benzene rings is 2. The van der Waals surface area contributed by atoms with Crippen molar-refractivity contribution in [3.05, 3.63) is 81.9 Å². The fourth-order valence-corrected chi connectivity index (χ4v) is 3.37. The third-order valence-corrected chi connectivity index (χ3v) is 5.39. The molecule has 4 rings (SSSR count). The number of nitrogens with one attached hydrogen (secondary N) is 1. The minimum absolute atomic E-state index is 0.127. The van der Waals surface area contributed by atoms with Crippen molar-refractivity contribution in [3.8, 4) is 17.1 Å². The highest BCUT2D eigenvalue weighted by molar-refractivity contribution is 7.12. The molecule has 146 valence electrons. The van der Waals surface area contributed by atoms with Gasteiger partial charge in [-0.1, -0.05) is 23.4 Å². The van der Waals surface area contributed by atoms with Crippen LogP contribution < -0.4 is 10.1 Å². The second-order valence-electron chi connectivity index (χ2n) is 6.51. The average Bonchev–Trinajstić information content (AvgIpc) is 3.42. The molecule has 1 N–H and O–H groups in total. The summed E-state index contributed by atoms with van der Waals surface area (Å²) in [6.45, 7) is 4.26. The molecule has 0 fully saturated rings. The molecule has 6 nitrogen and oxygen atoms in total. The van der Waals surface area contributed by atoms with E-state index in [0.717, 1.165) is 16.9 Å². The van der Waals surface area contributed by atoms with E-state index in [1.165, 1.54) is 16.9 Å². The molecule has 2 aromatic heterocycles. The number of rotatable bonds is 6. The monoisotopic (exact) mass is 405 g/mol. The summed E-state index contributed by atoms with van der Waals surface area (Å²) in [4.78, 5) is 17.2. The number of nitrogens with zero attached hydrogens (tertiary/aromatic N) is 2. The molecule has 0 saturated carbocycles. The van der Waals surface area contributed by atoms with Crippen LogP contribution in [0.15, 0.2) is 64.5 Å². The molecular weight excluding hydrogens is 386 g/mol. The molecule has 0 bridgehead atoms. The van der Waals surface area contributed by atoms with E-state index in [-0.39, 0.29) is 12.5 Å². The Labute approximate surface area is 172 Å². The molecule has 0 atom stereocenters. The molecular formula is C22H19N3O3S. The Morgan fingerprint density at radius 3 is 2.69 bits per heavy atom. The van der Waals surface area contributed by atoms with Gasteiger partial charge < -0.3 is 14.6 Å². The summed E-state index contributed by atoms with van der Waals surface area (Å²) >= 11 is 1.40. The van der Waals surface area contributed by atoms with E-state index >= 15 is 0 Å². The lowest BCUT2D eigenvalue weighted by molar-refractivity contribution is 0.103. The van der Waals surface area contributed by atoms with Gasteiger partial charge in [0.1, 0.15) is 5.75 Å². The minimum Gasteiger partial charge on any atom is -0.483 e. The number of ether oxygens (including phenoxy) is 1. The summed E-state index contributed by atoms with van der Waals surface area (Å²) in [7, 11) is 0. The maximum atomic E-state index is 12.1. The first-order valence-corrected chi connectivity index (χ1v) is 9.95. The van der Waals surface area contributed by atoms with Gasteiger partial charge in [-0.25, -0.2) is 0 Å². The summed E-state index contributed by atoms with van der Waals surface area (Å²) < 4.78 is 11.1. The van der Waals surface area contributed by atoms with Crippen LogP contribution in [-0.2, 0) is 6.61 Å². The molecule has 7 heteroatoms. The maximum Gasteiger partial charge on any atom is 0.265 e. The molecule has 0 spiro atoms. The smallest absolute Gasteiger partial charge is 0.265 e. The third kappa shape index (κ3) is 4.35. The lowest BCUT2D eigenvalue weighted by atomic mass is 10.1. The second kappa shape index (κ2) is 8.28. The first-order chi connectivity index (χ1) is 14.1. The Balaban J connectivity index is 1.40. The van der Waals surface area contributed by atoms with Gasteiger partial charge >= 0.3 is 0 Å². The lowest BCUT2D eigenvalue weighted by Gasteiger charge is -2.08. The molecule has 0 aliphatic rings. The van der Waals surface area contributed by atoms with Crippen LogP contribution in [0.3, 0.4) is 0 Å². The third-order valence-electron chi connectivity index (χ3n) is 4.52. The van der Waals surface area contributed by atoms with Crippen LogP contribution in [-0.4, -0.2) is 16.0 Å². The number of hydrogen-bond donors (Lipinski definition) is 1. The van der Waals surface area contributed by atoms with E-state index < -0.39 is 0 Å². The van der Waals surface area contributed by atoms with E-state index in [4.69, 9.17) is 9.26 Å². The Morgan fingerprint density at radius 2 is 1.93 bits per heavy atom. The van der Waals surface area contributed by atoms with E-state index in [0.29, 0.717) is 22.3 Å². The van der Waals surface area contributed by atoms with Gasteiger partial charge in [0.25, 0.3) is 11.8 Å². The molecule has 0 saturated heterocycles. The summed E-state index contributed by atoms with van der Waals surface area (Å²) in [5.74, 6) is 1.55. The lowest BCUT2D eigenvalue weighted by Crippen LogP contribution is -2.09. The highest BCUT2D eigenvalue weighted by Gasteiger charge is 2.11. The molecule has 4 aromatic rings. The van der Waals surface area contributed by atoms with Crippen molar-refractivity contribution in [1.82, 2.24) is 10.1 Å². The molecule has 0 radical (unpaired) electrons. The number of hydrogen-bond acceptors (Lipinski definition) is 6. The molecule has 0 unspecified atom stereocenters. The van der Waals surface area contributed by atoms with Crippen molar-refractivity contribution in [3.63, 3.8) is 0 Å². The fraction of sp³-hybridized carbons (Fsp3) is 0.136. The second-order valence-corrected chi connectivity index (χ2v) is 7.45. The molecule has 29 heavy (non-hydrogen) atoms.